The zero-order valence-corrected chi connectivity index (χ0v) is 15.5. The molecule has 138 valence electrons. The summed E-state index contributed by atoms with van der Waals surface area (Å²) in [5, 5.41) is 9.69. The number of nitrogens with zero attached hydrogens (tertiary/aromatic N) is 5. The first kappa shape index (κ1) is 17.3. The first-order chi connectivity index (χ1) is 13.1. The SMILES string of the molecule is Cc1nc(C(=O)N2Cc3ncnn3CC(C(=O)Nc3ccccc3)C2)cs1. The number of nitrogens with one attached hydrogen (secondary N) is 1. The molecule has 0 fully saturated rings. The number of amides is 2. The molecule has 0 saturated carbocycles. The lowest BCUT2D eigenvalue weighted by atomic mass is 10.1. The maximum Gasteiger partial charge on any atom is 0.273 e. The molecule has 0 aliphatic carbocycles. The third-order valence-corrected chi connectivity index (χ3v) is 5.17. The Hall–Kier alpha value is -3.07. The molecule has 3 heterocycles. The molecule has 3 aromatic rings. The summed E-state index contributed by atoms with van der Waals surface area (Å²) in [6.45, 7) is 2.80. The molecule has 2 amide bonds. The molecular weight excluding hydrogens is 364 g/mol. The van der Waals surface area contributed by atoms with Crippen LogP contribution in [0.15, 0.2) is 42.0 Å². The molecule has 27 heavy (non-hydrogen) atoms. The van der Waals surface area contributed by atoms with E-state index < -0.39 is 5.92 Å². The van der Waals surface area contributed by atoms with E-state index in [2.05, 4.69) is 20.4 Å². The molecule has 0 saturated heterocycles. The third-order valence-electron chi connectivity index (χ3n) is 4.40. The van der Waals surface area contributed by atoms with Crippen molar-refractivity contribution in [2.75, 3.05) is 11.9 Å². The highest BCUT2D eigenvalue weighted by Crippen LogP contribution is 2.19. The van der Waals surface area contributed by atoms with E-state index in [1.807, 2.05) is 37.3 Å². The normalized spacial score (nSPS) is 16.5. The minimum Gasteiger partial charge on any atom is -0.329 e. The quantitative estimate of drug-likeness (QED) is 0.747. The van der Waals surface area contributed by atoms with Crippen LogP contribution in [-0.4, -0.2) is 43.0 Å². The summed E-state index contributed by atoms with van der Waals surface area (Å²) >= 11 is 1.43. The van der Waals surface area contributed by atoms with E-state index in [-0.39, 0.29) is 18.4 Å². The van der Waals surface area contributed by atoms with E-state index in [0.29, 0.717) is 24.6 Å². The molecule has 0 radical (unpaired) electrons. The van der Waals surface area contributed by atoms with Gasteiger partial charge in [0, 0.05) is 17.6 Å². The van der Waals surface area contributed by atoms with Gasteiger partial charge in [0.25, 0.3) is 5.91 Å². The summed E-state index contributed by atoms with van der Waals surface area (Å²) in [5.41, 5.74) is 1.12. The van der Waals surface area contributed by atoms with Crippen molar-refractivity contribution < 1.29 is 9.59 Å². The number of thiazole rings is 1. The summed E-state index contributed by atoms with van der Waals surface area (Å²) in [5.74, 6) is -0.146. The molecule has 1 aromatic carbocycles. The third kappa shape index (κ3) is 3.72. The molecule has 1 aliphatic rings. The second kappa shape index (κ2) is 7.28. The summed E-state index contributed by atoms with van der Waals surface area (Å²) in [7, 11) is 0. The summed E-state index contributed by atoms with van der Waals surface area (Å²) in [6.07, 6.45) is 1.45. The Bertz CT molecular complexity index is 967. The lowest BCUT2D eigenvalue weighted by Gasteiger charge is -2.22. The van der Waals surface area contributed by atoms with Gasteiger partial charge in [0.2, 0.25) is 5.91 Å². The van der Waals surface area contributed by atoms with Gasteiger partial charge in [-0.25, -0.2) is 14.6 Å². The molecule has 1 aliphatic heterocycles. The van der Waals surface area contributed by atoms with Gasteiger partial charge < -0.3 is 10.2 Å². The monoisotopic (exact) mass is 382 g/mol. The number of benzene rings is 1. The molecule has 1 unspecified atom stereocenters. The van der Waals surface area contributed by atoms with Crippen LogP contribution in [0.5, 0.6) is 0 Å². The average Bonchev–Trinajstić information content (AvgIpc) is 3.25. The molecule has 8 nitrogen and oxygen atoms in total. The van der Waals surface area contributed by atoms with Crippen molar-refractivity contribution >= 4 is 28.8 Å². The Morgan fingerprint density at radius 1 is 1.22 bits per heavy atom. The zero-order chi connectivity index (χ0) is 18.8. The van der Waals surface area contributed by atoms with Gasteiger partial charge >= 0.3 is 0 Å². The van der Waals surface area contributed by atoms with Crippen molar-refractivity contribution in [2.24, 2.45) is 5.92 Å². The van der Waals surface area contributed by atoms with E-state index in [0.717, 1.165) is 10.7 Å². The second-order valence-electron chi connectivity index (χ2n) is 6.35. The average molecular weight is 382 g/mol. The minimum absolute atomic E-state index is 0.156. The zero-order valence-electron chi connectivity index (χ0n) is 14.7. The summed E-state index contributed by atoms with van der Waals surface area (Å²) < 4.78 is 1.69. The number of rotatable bonds is 3. The van der Waals surface area contributed by atoms with Gasteiger partial charge in [0.05, 0.1) is 24.0 Å². The minimum atomic E-state index is -0.447. The van der Waals surface area contributed by atoms with E-state index in [4.69, 9.17) is 0 Å². The molecule has 1 N–H and O–H groups in total. The number of hydrogen-bond donors (Lipinski definition) is 1. The number of hydrogen-bond acceptors (Lipinski definition) is 6. The van der Waals surface area contributed by atoms with Gasteiger partial charge in [-0.1, -0.05) is 18.2 Å². The fourth-order valence-electron chi connectivity index (χ4n) is 3.04. The molecule has 1 atom stereocenters. The molecule has 0 bridgehead atoms. The standard InChI is InChI=1S/C18H18N6O2S/c1-12-21-15(10-27-12)18(26)23-7-13(8-24-16(9-23)19-11-20-24)17(25)22-14-5-3-2-4-6-14/h2-6,10-11,13H,7-9H2,1H3,(H,22,25). The molecule has 0 spiro atoms. The maximum absolute atomic E-state index is 12.9. The Kier molecular flexibility index (Phi) is 4.68. The van der Waals surface area contributed by atoms with Gasteiger partial charge in [0.15, 0.2) is 0 Å². The van der Waals surface area contributed by atoms with Gasteiger partial charge in [-0.3, -0.25) is 9.59 Å². The van der Waals surface area contributed by atoms with Crippen LogP contribution in [0.1, 0.15) is 21.3 Å². The van der Waals surface area contributed by atoms with Crippen molar-refractivity contribution in [2.45, 2.75) is 20.0 Å². The number of para-hydroxylation sites is 1. The smallest absolute Gasteiger partial charge is 0.273 e. The Labute approximate surface area is 159 Å². The van der Waals surface area contributed by atoms with Crippen LogP contribution in [0.4, 0.5) is 5.69 Å². The topological polar surface area (TPSA) is 93.0 Å². The first-order valence-corrected chi connectivity index (χ1v) is 9.42. The van der Waals surface area contributed by atoms with Crippen LogP contribution in [0.25, 0.3) is 0 Å². The second-order valence-corrected chi connectivity index (χ2v) is 7.41. The van der Waals surface area contributed by atoms with Crippen LogP contribution in [0.2, 0.25) is 0 Å². The maximum atomic E-state index is 12.9. The highest BCUT2D eigenvalue weighted by molar-refractivity contribution is 7.09. The Morgan fingerprint density at radius 2 is 2.04 bits per heavy atom. The number of aryl methyl sites for hydroxylation is 1. The van der Waals surface area contributed by atoms with Crippen LogP contribution >= 0.6 is 11.3 Å². The summed E-state index contributed by atoms with van der Waals surface area (Å²) in [6, 6.07) is 9.27. The van der Waals surface area contributed by atoms with Crippen molar-refractivity contribution in [1.29, 1.82) is 0 Å². The van der Waals surface area contributed by atoms with Crippen LogP contribution in [-0.2, 0) is 17.9 Å². The van der Waals surface area contributed by atoms with E-state index in [1.54, 1.807) is 15.0 Å². The van der Waals surface area contributed by atoms with Crippen molar-refractivity contribution in [1.82, 2.24) is 24.6 Å². The predicted molar refractivity (Wildman–Crippen MR) is 100 cm³/mol. The molecule has 2 aromatic heterocycles. The first-order valence-electron chi connectivity index (χ1n) is 8.54. The van der Waals surface area contributed by atoms with Crippen LogP contribution in [0, 0.1) is 12.8 Å². The van der Waals surface area contributed by atoms with E-state index in [9.17, 15) is 9.59 Å². The van der Waals surface area contributed by atoms with Crippen LogP contribution in [0.3, 0.4) is 0 Å². The van der Waals surface area contributed by atoms with Gasteiger partial charge in [-0.15, -0.1) is 11.3 Å². The molecule has 9 heteroatoms. The lowest BCUT2D eigenvalue weighted by Crippen LogP contribution is -2.38. The fraction of sp³-hybridized carbons (Fsp3) is 0.278. The predicted octanol–water partition coefficient (Wildman–Crippen LogP) is 1.95. The number of fused-ring (bicyclic) bond motifs is 1. The lowest BCUT2D eigenvalue weighted by molar-refractivity contribution is -0.120. The van der Waals surface area contributed by atoms with E-state index in [1.165, 1.54) is 17.7 Å². The van der Waals surface area contributed by atoms with Crippen molar-refractivity contribution in [3.8, 4) is 0 Å². The fourth-order valence-corrected chi connectivity index (χ4v) is 3.63. The van der Waals surface area contributed by atoms with Crippen LogP contribution < -0.4 is 5.32 Å². The molecular formula is C18H18N6O2S. The van der Waals surface area contributed by atoms with E-state index >= 15 is 0 Å². The Balaban J connectivity index is 1.58. The number of carbonyl (C=O) groups is 2. The highest BCUT2D eigenvalue weighted by Gasteiger charge is 2.31. The Morgan fingerprint density at radius 3 is 2.78 bits per heavy atom. The largest absolute Gasteiger partial charge is 0.329 e. The number of anilines is 1. The van der Waals surface area contributed by atoms with Gasteiger partial charge in [0.1, 0.15) is 17.8 Å². The summed E-state index contributed by atoms with van der Waals surface area (Å²) in [4.78, 5) is 35.9. The highest BCUT2D eigenvalue weighted by atomic mass is 32.1. The van der Waals surface area contributed by atoms with Gasteiger partial charge in [-0.2, -0.15) is 5.10 Å². The molecule has 4 rings (SSSR count). The van der Waals surface area contributed by atoms with Crippen molar-refractivity contribution in [3.63, 3.8) is 0 Å². The number of aromatic nitrogens is 4. The van der Waals surface area contributed by atoms with Gasteiger partial charge in [-0.05, 0) is 19.1 Å². The number of carbonyl (C=O) groups excluding carboxylic acids is 2. The van der Waals surface area contributed by atoms with Crippen molar-refractivity contribution in [3.05, 3.63) is 58.6 Å².